The summed E-state index contributed by atoms with van der Waals surface area (Å²) >= 11 is 3.49. The molecule has 0 saturated carbocycles. The van der Waals surface area contributed by atoms with Gasteiger partial charge in [0, 0.05) is 41.9 Å². The summed E-state index contributed by atoms with van der Waals surface area (Å²) < 4.78 is 8.52. The highest BCUT2D eigenvalue weighted by Crippen LogP contribution is 2.41. The Hall–Kier alpha value is -3.39. The van der Waals surface area contributed by atoms with Crippen LogP contribution in [-0.2, 0) is 22.6 Å². The third kappa shape index (κ3) is 4.14. The first-order valence-electron chi connectivity index (χ1n) is 11.2. The van der Waals surface area contributed by atoms with Crippen molar-refractivity contribution in [2.45, 2.75) is 38.5 Å². The van der Waals surface area contributed by atoms with Gasteiger partial charge < -0.3 is 19.3 Å². The van der Waals surface area contributed by atoms with Gasteiger partial charge in [0.25, 0.3) is 11.7 Å². The van der Waals surface area contributed by atoms with Crippen molar-refractivity contribution in [2.75, 3.05) is 6.54 Å². The van der Waals surface area contributed by atoms with Crippen LogP contribution >= 0.6 is 15.9 Å². The van der Waals surface area contributed by atoms with Crippen molar-refractivity contribution in [1.82, 2.24) is 14.5 Å². The van der Waals surface area contributed by atoms with Gasteiger partial charge in [-0.05, 0) is 54.8 Å². The largest absolute Gasteiger partial charge is 0.507 e. The topological polar surface area (TPSA) is 84.7 Å². The standard InChI is InChI=1S/C26H24BrN3O4/c1-16-12-19-13-18(6-7-21(19)34-16)24(31)22-23(17-4-2-5-20(27)14-17)30(26(33)25(22)32)10-3-9-29-11-8-28-15-29/h2,4-8,11,13-16,23,31H,3,9-10,12H2,1H3/b24-22+. The van der Waals surface area contributed by atoms with Crippen LogP contribution in [0.4, 0.5) is 0 Å². The molecule has 2 aliphatic rings. The molecule has 3 aromatic rings. The maximum atomic E-state index is 13.2. The molecular formula is C26H24BrN3O4. The van der Waals surface area contributed by atoms with Crippen molar-refractivity contribution in [1.29, 1.82) is 0 Å². The minimum absolute atomic E-state index is 0.0649. The average Bonchev–Trinajstić information content (AvgIpc) is 3.52. The molecule has 2 aromatic carbocycles. The minimum Gasteiger partial charge on any atom is -0.507 e. The number of benzene rings is 2. The van der Waals surface area contributed by atoms with Crippen molar-refractivity contribution >= 4 is 33.4 Å². The lowest BCUT2D eigenvalue weighted by molar-refractivity contribution is -0.139. The summed E-state index contributed by atoms with van der Waals surface area (Å²) in [5.41, 5.74) is 2.35. The number of carbonyl (C=O) groups is 2. The van der Waals surface area contributed by atoms with Gasteiger partial charge in [0.05, 0.1) is 17.9 Å². The number of hydrogen-bond acceptors (Lipinski definition) is 5. The molecular weight excluding hydrogens is 498 g/mol. The maximum Gasteiger partial charge on any atom is 0.295 e. The van der Waals surface area contributed by atoms with E-state index in [1.807, 2.05) is 54.1 Å². The fourth-order valence-electron chi connectivity index (χ4n) is 4.70. The predicted molar refractivity (Wildman–Crippen MR) is 130 cm³/mol. The van der Waals surface area contributed by atoms with E-state index >= 15 is 0 Å². The van der Waals surface area contributed by atoms with Crippen LogP contribution in [0, 0.1) is 0 Å². The molecule has 2 atom stereocenters. The molecule has 0 bridgehead atoms. The summed E-state index contributed by atoms with van der Waals surface area (Å²) in [6, 6.07) is 12.2. The molecule has 3 heterocycles. The molecule has 0 radical (unpaired) electrons. The number of likely N-dealkylation sites (tertiary alicyclic amines) is 1. The molecule has 1 N–H and O–H groups in total. The Morgan fingerprint density at radius 2 is 2.06 bits per heavy atom. The van der Waals surface area contributed by atoms with Crippen molar-refractivity contribution < 1.29 is 19.4 Å². The van der Waals surface area contributed by atoms with Gasteiger partial charge in [-0.25, -0.2) is 4.98 Å². The van der Waals surface area contributed by atoms with Crippen LogP contribution < -0.4 is 4.74 Å². The summed E-state index contributed by atoms with van der Waals surface area (Å²) in [5, 5.41) is 11.3. The second-order valence-electron chi connectivity index (χ2n) is 8.66. The van der Waals surface area contributed by atoms with Crippen LogP contribution in [0.1, 0.15) is 36.1 Å². The van der Waals surface area contributed by atoms with Crippen LogP contribution in [0.3, 0.4) is 0 Å². The number of aromatic nitrogens is 2. The highest BCUT2D eigenvalue weighted by molar-refractivity contribution is 9.10. The van der Waals surface area contributed by atoms with E-state index in [4.69, 9.17) is 4.74 Å². The number of ketones is 1. The molecule has 34 heavy (non-hydrogen) atoms. The van der Waals surface area contributed by atoms with Gasteiger partial charge in [0.1, 0.15) is 17.6 Å². The van der Waals surface area contributed by atoms with Crippen LogP contribution in [0.5, 0.6) is 5.75 Å². The molecule has 1 aromatic heterocycles. The lowest BCUT2D eigenvalue weighted by Gasteiger charge is -2.25. The Morgan fingerprint density at radius 3 is 2.82 bits per heavy atom. The van der Waals surface area contributed by atoms with Gasteiger partial charge in [0.2, 0.25) is 0 Å². The second-order valence-corrected chi connectivity index (χ2v) is 9.57. The fraction of sp³-hybridized carbons (Fsp3) is 0.269. The third-order valence-electron chi connectivity index (χ3n) is 6.25. The van der Waals surface area contributed by atoms with Crippen molar-refractivity contribution in [2.24, 2.45) is 0 Å². The van der Waals surface area contributed by atoms with Crippen molar-refractivity contribution in [3.05, 3.63) is 87.9 Å². The van der Waals surface area contributed by atoms with Gasteiger partial charge in [-0.2, -0.15) is 0 Å². The van der Waals surface area contributed by atoms with E-state index in [1.165, 1.54) is 0 Å². The van der Waals surface area contributed by atoms with E-state index in [0.29, 0.717) is 25.1 Å². The predicted octanol–water partition coefficient (Wildman–Crippen LogP) is 4.48. The van der Waals surface area contributed by atoms with E-state index in [0.717, 1.165) is 27.8 Å². The normalized spacial score (nSPS) is 21.1. The SMILES string of the molecule is CC1Cc2cc(/C(O)=C3\C(=O)C(=O)N(CCCn4ccnc4)C3c3cccc(Br)c3)ccc2O1. The van der Waals surface area contributed by atoms with E-state index in [-0.39, 0.29) is 17.4 Å². The fourth-order valence-corrected chi connectivity index (χ4v) is 5.12. The molecule has 7 nitrogen and oxygen atoms in total. The number of aryl methyl sites for hydroxylation is 1. The summed E-state index contributed by atoms with van der Waals surface area (Å²) in [7, 11) is 0. The number of carbonyl (C=O) groups excluding carboxylic acids is 2. The lowest BCUT2D eigenvalue weighted by atomic mass is 9.94. The highest BCUT2D eigenvalue weighted by atomic mass is 79.9. The summed E-state index contributed by atoms with van der Waals surface area (Å²) in [4.78, 5) is 31.9. The molecule has 5 rings (SSSR count). The Kier molecular flexibility index (Phi) is 6.00. The average molecular weight is 522 g/mol. The Bertz CT molecular complexity index is 1280. The van der Waals surface area contributed by atoms with Crippen LogP contribution in [0.15, 0.2) is 71.2 Å². The van der Waals surface area contributed by atoms with Gasteiger partial charge >= 0.3 is 0 Å². The molecule has 1 amide bonds. The quantitative estimate of drug-likeness (QED) is 0.293. The van der Waals surface area contributed by atoms with Crippen molar-refractivity contribution in [3.8, 4) is 5.75 Å². The molecule has 0 aliphatic carbocycles. The molecule has 1 fully saturated rings. The van der Waals surface area contributed by atoms with Crippen LogP contribution in [-0.4, -0.2) is 43.9 Å². The second kappa shape index (κ2) is 9.10. The molecule has 0 spiro atoms. The zero-order valence-corrected chi connectivity index (χ0v) is 20.2. The number of rotatable bonds is 6. The number of nitrogens with zero attached hydrogens (tertiary/aromatic N) is 3. The number of amides is 1. The van der Waals surface area contributed by atoms with Gasteiger partial charge in [-0.15, -0.1) is 0 Å². The Morgan fingerprint density at radius 1 is 1.21 bits per heavy atom. The van der Waals surface area contributed by atoms with E-state index < -0.39 is 17.7 Å². The summed E-state index contributed by atoms with van der Waals surface area (Å²) in [6.07, 6.45) is 6.72. The van der Waals surface area contributed by atoms with Crippen LogP contribution in [0.25, 0.3) is 5.76 Å². The first kappa shape index (κ1) is 22.4. The van der Waals surface area contributed by atoms with Gasteiger partial charge in [-0.3, -0.25) is 9.59 Å². The number of fused-ring (bicyclic) bond motifs is 1. The number of ether oxygens (including phenoxy) is 1. The number of halogens is 1. The molecule has 8 heteroatoms. The van der Waals surface area contributed by atoms with Gasteiger partial charge in [-0.1, -0.05) is 28.1 Å². The van der Waals surface area contributed by atoms with Gasteiger partial charge in [0.15, 0.2) is 0 Å². The molecule has 2 aliphatic heterocycles. The number of Topliss-reactive ketones (excluding diaryl/α,β-unsaturated/α-hetero) is 1. The number of hydrogen-bond donors (Lipinski definition) is 1. The lowest BCUT2D eigenvalue weighted by Crippen LogP contribution is -2.31. The third-order valence-corrected chi connectivity index (χ3v) is 6.74. The zero-order valence-electron chi connectivity index (χ0n) is 18.6. The Balaban J connectivity index is 1.53. The number of aliphatic hydroxyl groups excluding tert-OH is 1. The summed E-state index contributed by atoms with van der Waals surface area (Å²) in [6.45, 7) is 3.02. The number of imidazole rings is 1. The maximum absolute atomic E-state index is 13.2. The van der Waals surface area contributed by atoms with Crippen LogP contribution in [0.2, 0.25) is 0 Å². The van der Waals surface area contributed by atoms with E-state index in [2.05, 4.69) is 20.9 Å². The minimum atomic E-state index is -0.677. The summed E-state index contributed by atoms with van der Waals surface area (Å²) in [5.74, 6) is -0.652. The van der Waals surface area contributed by atoms with Crippen molar-refractivity contribution in [3.63, 3.8) is 0 Å². The monoisotopic (exact) mass is 521 g/mol. The molecule has 174 valence electrons. The van der Waals surface area contributed by atoms with E-state index in [9.17, 15) is 14.7 Å². The highest BCUT2D eigenvalue weighted by Gasteiger charge is 2.45. The molecule has 2 unspecified atom stereocenters. The van der Waals surface area contributed by atoms with E-state index in [1.54, 1.807) is 23.5 Å². The number of aliphatic hydroxyl groups is 1. The Labute approximate surface area is 205 Å². The first-order chi connectivity index (χ1) is 16.4. The zero-order chi connectivity index (χ0) is 23.8. The molecule has 1 saturated heterocycles. The first-order valence-corrected chi connectivity index (χ1v) is 12.0. The smallest absolute Gasteiger partial charge is 0.295 e.